The highest BCUT2D eigenvalue weighted by molar-refractivity contribution is 9.10. The minimum atomic E-state index is -0.393. The first kappa shape index (κ1) is 15.7. The number of aromatic amines is 1. The van der Waals surface area contributed by atoms with E-state index in [1.54, 1.807) is 4.68 Å². The maximum absolute atomic E-state index is 12.4. The summed E-state index contributed by atoms with van der Waals surface area (Å²) in [7, 11) is 0. The molecule has 0 aliphatic carbocycles. The molecular formula is C19H16BrN4O2+. The van der Waals surface area contributed by atoms with Crippen molar-refractivity contribution in [3.05, 3.63) is 80.7 Å². The van der Waals surface area contributed by atoms with E-state index < -0.39 is 5.63 Å². The molecule has 2 aliphatic heterocycles. The summed E-state index contributed by atoms with van der Waals surface area (Å²) in [6.07, 6.45) is 0. The van der Waals surface area contributed by atoms with E-state index in [0.717, 1.165) is 22.4 Å². The number of nitrogens with zero attached hydrogens (tertiary/aromatic N) is 3. The van der Waals surface area contributed by atoms with Crippen LogP contribution in [0.1, 0.15) is 17.3 Å². The highest BCUT2D eigenvalue weighted by Gasteiger charge is 2.56. The van der Waals surface area contributed by atoms with Crippen molar-refractivity contribution >= 4 is 21.6 Å². The minimum absolute atomic E-state index is 0.110. The topological polar surface area (TPSA) is 65.2 Å². The summed E-state index contributed by atoms with van der Waals surface area (Å²) in [6.45, 7) is 1.58. The van der Waals surface area contributed by atoms with Crippen LogP contribution in [0.15, 0.2) is 73.4 Å². The number of hydrogen-bond donors (Lipinski definition) is 1. The normalized spacial score (nSPS) is 24.0. The van der Waals surface area contributed by atoms with Crippen LogP contribution in [0.2, 0.25) is 0 Å². The van der Waals surface area contributed by atoms with E-state index in [9.17, 15) is 4.79 Å². The van der Waals surface area contributed by atoms with Crippen molar-refractivity contribution in [2.45, 2.75) is 12.1 Å². The Morgan fingerprint density at radius 2 is 1.88 bits per heavy atom. The summed E-state index contributed by atoms with van der Waals surface area (Å²) in [5, 5.41) is 2.71. The third-order valence-corrected chi connectivity index (χ3v) is 5.49. The van der Waals surface area contributed by atoms with Crippen molar-refractivity contribution in [2.24, 2.45) is 4.99 Å². The van der Waals surface area contributed by atoms with Crippen molar-refractivity contribution < 1.29 is 9.20 Å². The van der Waals surface area contributed by atoms with Gasteiger partial charge in [0.05, 0.1) is 18.6 Å². The fourth-order valence-electron chi connectivity index (χ4n) is 3.74. The van der Waals surface area contributed by atoms with Crippen LogP contribution in [0, 0.1) is 0 Å². The number of para-hydroxylation sites is 1. The molecule has 26 heavy (non-hydrogen) atoms. The minimum Gasteiger partial charge on any atom is -0.282 e. The van der Waals surface area contributed by atoms with Crippen molar-refractivity contribution in [2.75, 3.05) is 13.1 Å². The van der Waals surface area contributed by atoms with Gasteiger partial charge in [0.25, 0.3) is 0 Å². The molecule has 3 aromatic rings. The Labute approximate surface area is 157 Å². The molecule has 2 aliphatic rings. The van der Waals surface area contributed by atoms with Gasteiger partial charge in [-0.05, 0) is 27.6 Å². The summed E-state index contributed by atoms with van der Waals surface area (Å²) in [4.78, 5) is 19.5. The molecule has 7 heteroatoms. The Morgan fingerprint density at radius 1 is 1.12 bits per heavy atom. The lowest BCUT2D eigenvalue weighted by Crippen LogP contribution is -2.44. The molecule has 3 heterocycles. The average molecular weight is 412 g/mol. The molecule has 3 atom stereocenters. The second-order valence-electron chi connectivity index (χ2n) is 6.45. The lowest BCUT2D eigenvalue weighted by atomic mass is 10.1. The number of nitrogens with one attached hydrogen (secondary N) is 1. The summed E-state index contributed by atoms with van der Waals surface area (Å²) in [6, 6.07) is 18.3. The van der Waals surface area contributed by atoms with Crippen molar-refractivity contribution in [1.29, 1.82) is 0 Å². The Bertz CT molecular complexity index is 1040. The van der Waals surface area contributed by atoms with Gasteiger partial charge in [-0.2, -0.15) is 0 Å². The molecule has 1 saturated heterocycles. The van der Waals surface area contributed by atoms with Gasteiger partial charge in [-0.15, -0.1) is 0 Å². The Hall–Kier alpha value is -2.51. The molecule has 1 fully saturated rings. The standard InChI is InChI=1S/C19H15BrN4O2/c20-13-8-6-12(7-9-13)16-17-15(21-10-11-23(16)17)18-19(25)26-22-24(18)14-4-2-1-3-5-14/h1-9,16-17H,10-11H2/p+1. The largest absolute Gasteiger partial charge is 0.437 e. The number of hydrogen-bond acceptors (Lipinski definition) is 4. The summed E-state index contributed by atoms with van der Waals surface area (Å²) >= 11 is 3.48. The van der Waals surface area contributed by atoms with Crippen LogP contribution in [-0.2, 0) is 0 Å². The van der Waals surface area contributed by atoms with E-state index in [4.69, 9.17) is 9.52 Å². The Balaban J connectivity index is 1.55. The molecule has 0 spiro atoms. The van der Waals surface area contributed by atoms with E-state index in [1.807, 2.05) is 42.5 Å². The van der Waals surface area contributed by atoms with Crippen molar-refractivity contribution in [3.63, 3.8) is 0 Å². The van der Waals surface area contributed by atoms with Gasteiger partial charge in [0, 0.05) is 23.2 Å². The van der Waals surface area contributed by atoms with Gasteiger partial charge in [-0.25, -0.2) is 4.79 Å². The van der Waals surface area contributed by atoms with Crippen LogP contribution < -0.4 is 10.3 Å². The molecule has 2 aromatic carbocycles. The predicted octanol–water partition coefficient (Wildman–Crippen LogP) is 2.24. The molecule has 5 rings (SSSR count). The quantitative estimate of drug-likeness (QED) is 0.530. The monoisotopic (exact) mass is 411 g/mol. The zero-order valence-corrected chi connectivity index (χ0v) is 15.4. The highest BCUT2D eigenvalue weighted by atomic mass is 79.9. The first-order valence-electron chi connectivity index (χ1n) is 8.49. The molecule has 1 aromatic heterocycles. The van der Waals surface area contributed by atoms with Crippen LogP contribution in [0.4, 0.5) is 0 Å². The third-order valence-electron chi connectivity index (χ3n) is 4.96. The van der Waals surface area contributed by atoms with E-state index >= 15 is 0 Å². The lowest BCUT2D eigenvalue weighted by Gasteiger charge is -2.07. The van der Waals surface area contributed by atoms with E-state index in [0.29, 0.717) is 12.2 Å². The SMILES string of the molecule is O=c1o[nH][n+](-c2ccccc2)c1C1=NCCN2C1C2c1ccc(Br)cc1. The van der Waals surface area contributed by atoms with Crippen molar-refractivity contribution in [1.82, 2.24) is 10.2 Å². The van der Waals surface area contributed by atoms with Crippen LogP contribution in [0.3, 0.4) is 0 Å². The number of H-pyrrole nitrogens is 1. The number of halogens is 1. The first-order valence-corrected chi connectivity index (χ1v) is 9.28. The second-order valence-corrected chi connectivity index (χ2v) is 7.36. The first-order chi connectivity index (χ1) is 12.7. The summed E-state index contributed by atoms with van der Waals surface area (Å²) in [5.41, 5.74) is 2.96. The molecule has 130 valence electrons. The van der Waals surface area contributed by atoms with Gasteiger partial charge in [-0.1, -0.05) is 46.3 Å². The Morgan fingerprint density at radius 3 is 2.65 bits per heavy atom. The molecule has 1 N–H and O–H groups in total. The molecule has 0 saturated carbocycles. The fraction of sp³-hybridized carbons (Fsp3) is 0.211. The molecular weight excluding hydrogens is 396 g/mol. The van der Waals surface area contributed by atoms with Gasteiger partial charge >= 0.3 is 11.3 Å². The zero-order chi connectivity index (χ0) is 17.7. The zero-order valence-electron chi connectivity index (χ0n) is 13.8. The molecule has 3 unspecified atom stereocenters. The van der Waals surface area contributed by atoms with E-state index in [1.165, 1.54) is 5.56 Å². The van der Waals surface area contributed by atoms with Gasteiger partial charge < -0.3 is 0 Å². The smallest absolute Gasteiger partial charge is 0.282 e. The third kappa shape index (κ3) is 2.47. The molecule has 0 radical (unpaired) electrons. The number of benzene rings is 2. The van der Waals surface area contributed by atoms with Crippen LogP contribution in [0.5, 0.6) is 0 Å². The van der Waals surface area contributed by atoms with Crippen molar-refractivity contribution in [3.8, 4) is 5.69 Å². The number of rotatable bonds is 3. The maximum Gasteiger partial charge on any atom is 0.437 e. The molecule has 0 bridgehead atoms. The van der Waals surface area contributed by atoms with E-state index in [2.05, 4.69) is 38.2 Å². The molecule has 6 nitrogen and oxygen atoms in total. The summed E-state index contributed by atoms with van der Waals surface area (Å²) < 4.78 is 7.84. The number of fused-ring (bicyclic) bond motifs is 1. The lowest BCUT2D eigenvalue weighted by molar-refractivity contribution is -0.671. The van der Waals surface area contributed by atoms with Gasteiger partial charge in [0.1, 0.15) is 5.71 Å². The maximum atomic E-state index is 12.4. The Kier molecular flexibility index (Phi) is 3.65. The highest BCUT2D eigenvalue weighted by Crippen LogP contribution is 2.46. The van der Waals surface area contributed by atoms with Gasteiger partial charge in [-0.3, -0.25) is 14.4 Å². The van der Waals surface area contributed by atoms with Gasteiger partial charge in [0.2, 0.25) is 5.69 Å². The molecule has 0 amide bonds. The number of aliphatic imine (C=N–C) groups is 1. The van der Waals surface area contributed by atoms with E-state index in [-0.39, 0.29) is 12.1 Å². The predicted molar refractivity (Wildman–Crippen MR) is 99.6 cm³/mol. The summed E-state index contributed by atoms with van der Waals surface area (Å²) in [5.74, 6) is 0. The average Bonchev–Trinajstić information content (AvgIpc) is 3.29. The van der Waals surface area contributed by atoms with Crippen LogP contribution >= 0.6 is 15.9 Å². The second kappa shape index (κ2) is 6.03. The van der Waals surface area contributed by atoms with Gasteiger partial charge in [0.15, 0.2) is 0 Å². The number of aromatic nitrogens is 2. The van der Waals surface area contributed by atoms with Crippen LogP contribution in [-0.4, -0.2) is 35.0 Å². The fourth-order valence-corrected chi connectivity index (χ4v) is 4.00. The van der Waals surface area contributed by atoms with Crippen LogP contribution in [0.25, 0.3) is 5.69 Å².